The van der Waals surface area contributed by atoms with Gasteiger partial charge < -0.3 is 14.8 Å². The first-order chi connectivity index (χ1) is 10.1. The minimum absolute atomic E-state index is 0.259. The van der Waals surface area contributed by atoms with Crippen LogP contribution in [0.25, 0.3) is 0 Å². The number of ether oxygens (including phenoxy) is 2. The van der Waals surface area contributed by atoms with Crippen molar-refractivity contribution in [3.05, 3.63) is 23.8 Å². The highest BCUT2D eigenvalue weighted by Gasteiger charge is 2.38. The van der Waals surface area contributed by atoms with Gasteiger partial charge in [-0.2, -0.15) is 11.8 Å². The summed E-state index contributed by atoms with van der Waals surface area (Å²) >= 11 is 2.09. The minimum atomic E-state index is 0.259. The quantitative estimate of drug-likeness (QED) is 0.824. The number of methoxy groups -OCH3 is 2. The van der Waals surface area contributed by atoms with Crippen LogP contribution in [0.1, 0.15) is 44.7 Å². The Hall–Kier alpha value is -0.870. The third kappa shape index (κ3) is 3.67. The first-order valence-electron chi connectivity index (χ1n) is 7.74. The second kappa shape index (κ2) is 7.41. The van der Waals surface area contributed by atoms with Gasteiger partial charge in [0.25, 0.3) is 0 Å². The van der Waals surface area contributed by atoms with Crippen molar-refractivity contribution in [2.75, 3.05) is 26.5 Å². The van der Waals surface area contributed by atoms with E-state index in [2.05, 4.69) is 43.1 Å². The third-order valence-corrected chi connectivity index (χ3v) is 5.79. The molecule has 1 aliphatic heterocycles. The molecule has 3 nitrogen and oxygen atoms in total. The van der Waals surface area contributed by atoms with Crippen LogP contribution in [0.3, 0.4) is 0 Å². The molecule has 118 valence electrons. The van der Waals surface area contributed by atoms with Crippen molar-refractivity contribution in [2.24, 2.45) is 0 Å². The lowest BCUT2D eigenvalue weighted by Crippen LogP contribution is -2.38. The van der Waals surface area contributed by atoms with Gasteiger partial charge in [-0.3, -0.25) is 0 Å². The van der Waals surface area contributed by atoms with Crippen LogP contribution in [0.5, 0.6) is 11.5 Å². The monoisotopic (exact) mass is 309 g/mol. The van der Waals surface area contributed by atoms with E-state index in [9.17, 15) is 0 Å². The van der Waals surface area contributed by atoms with Crippen LogP contribution in [0, 0.1) is 0 Å². The first kappa shape index (κ1) is 16.5. The van der Waals surface area contributed by atoms with Gasteiger partial charge >= 0.3 is 0 Å². The summed E-state index contributed by atoms with van der Waals surface area (Å²) in [5.74, 6) is 2.86. The first-order valence-corrected chi connectivity index (χ1v) is 8.72. The normalized spacial score (nSPS) is 23.0. The van der Waals surface area contributed by atoms with Gasteiger partial charge in [-0.05, 0) is 56.2 Å². The average Bonchev–Trinajstić information content (AvgIpc) is 2.95. The van der Waals surface area contributed by atoms with E-state index in [1.807, 2.05) is 6.07 Å². The van der Waals surface area contributed by atoms with Crippen LogP contribution < -0.4 is 14.8 Å². The summed E-state index contributed by atoms with van der Waals surface area (Å²) in [6.07, 6.45) is 3.71. The van der Waals surface area contributed by atoms with Gasteiger partial charge in [-0.15, -0.1) is 0 Å². The maximum absolute atomic E-state index is 5.47. The molecular weight excluding hydrogens is 282 g/mol. The molecule has 0 saturated carbocycles. The second-order valence-corrected chi connectivity index (χ2v) is 7.40. The number of benzene rings is 1. The molecule has 0 radical (unpaired) electrons. The molecule has 1 heterocycles. The maximum Gasteiger partial charge on any atom is 0.161 e. The Labute approximate surface area is 132 Å². The van der Waals surface area contributed by atoms with Crippen molar-refractivity contribution in [1.82, 2.24) is 5.32 Å². The molecule has 21 heavy (non-hydrogen) atoms. The van der Waals surface area contributed by atoms with Gasteiger partial charge in [-0.25, -0.2) is 0 Å². The molecule has 0 aromatic heterocycles. The van der Waals surface area contributed by atoms with Crippen molar-refractivity contribution >= 4 is 11.8 Å². The summed E-state index contributed by atoms with van der Waals surface area (Å²) in [6.45, 7) is 5.63. The van der Waals surface area contributed by atoms with E-state index in [4.69, 9.17) is 9.47 Å². The number of rotatable bonds is 7. The average molecular weight is 309 g/mol. The zero-order valence-corrected chi connectivity index (χ0v) is 14.4. The molecule has 2 unspecified atom stereocenters. The number of nitrogens with one attached hydrogen (secondary N) is 1. The van der Waals surface area contributed by atoms with E-state index < -0.39 is 0 Å². The predicted octanol–water partition coefficient (Wildman–Crippen LogP) is 4.03. The van der Waals surface area contributed by atoms with Crippen molar-refractivity contribution in [3.8, 4) is 11.5 Å². The smallest absolute Gasteiger partial charge is 0.161 e. The van der Waals surface area contributed by atoms with Gasteiger partial charge in [0.15, 0.2) is 11.5 Å². The number of thioether (sulfide) groups is 1. The Kier molecular flexibility index (Phi) is 5.82. The summed E-state index contributed by atoms with van der Waals surface area (Å²) in [5, 5.41) is 3.74. The summed E-state index contributed by atoms with van der Waals surface area (Å²) in [4.78, 5) is 0. The van der Waals surface area contributed by atoms with Crippen molar-refractivity contribution in [1.29, 1.82) is 0 Å². The summed E-state index contributed by atoms with van der Waals surface area (Å²) in [6, 6.07) is 6.65. The number of hydrogen-bond donors (Lipinski definition) is 1. The fourth-order valence-electron chi connectivity index (χ4n) is 3.04. The molecule has 2 rings (SSSR count). The van der Waals surface area contributed by atoms with E-state index in [-0.39, 0.29) is 4.75 Å². The van der Waals surface area contributed by atoms with E-state index in [0.29, 0.717) is 6.04 Å². The highest BCUT2D eigenvalue weighted by atomic mass is 32.2. The molecule has 1 fully saturated rings. The molecule has 0 spiro atoms. The maximum atomic E-state index is 5.47. The Morgan fingerprint density at radius 2 is 2.05 bits per heavy atom. The molecule has 0 bridgehead atoms. The fraction of sp³-hybridized carbons (Fsp3) is 0.647. The molecule has 4 heteroatoms. The Morgan fingerprint density at radius 1 is 1.29 bits per heavy atom. The van der Waals surface area contributed by atoms with Crippen LogP contribution in [0.4, 0.5) is 0 Å². The van der Waals surface area contributed by atoms with E-state index >= 15 is 0 Å². The van der Waals surface area contributed by atoms with Crippen LogP contribution in [0.15, 0.2) is 18.2 Å². The minimum Gasteiger partial charge on any atom is -0.493 e. The van der Waals surface area contributed by atoms with E-state index in [1.54, 1.807) is 14.2 Å². The van der Waals surface area contributed by atoms with Crippen LogP contribution in [-0.2, 0) is 0 Å². The molecule has 0 amide bonds. The lowest BCUT2D eigenvalue weighted by molar-refractivity contribution is 0.352. The van der Waals surface area contributed by atoms with Crippen LogP contribution in [-0.4, -0.2) is 31.3 Å². The third-order valence-electron chi connectivity index (χ3n) is 4.20. The lowest BCUT2D eigenvalue weighted by Gasteiger charge is -2.35. The van der Waals surface area contributed by atoms with Crippen molar-refractivity contribution < 1.29 is 9.47 Å². The van der Waals surface area contributed by atoms with Crippen molar-refractivity contribution in [2.45, 2.75) is 43.9 Å². The molecule has 1 aromatic carbocycles. The SMILES string of the molecule is CCCNC(c1ccc(OC)c(OC)c1)C1(C)CCCS1. The molecule has 0 aliphatic carbocycles. The second-order valence-electron chi connectivity index (χ2n) is 5.77. The fourth-order valence-corrected chi connectivity index (χ4v) is 4.47. The van der Waals surface area contributed by atoms with Crippen molar-refractivity contribution in [3.63, 3.8) is 0 Å². The Balaban J connectivity index is 2.31. The lowest BCUT2D eigenvalue weighted by atomic mass is 9.90. The standard InChI is InChI=1S/C17H27NO2S/c1-5-10-18-16(17(2)9-6-11-21-17)13-7-8-14(19-3)15(12-13)20-4/h7-8,12,16,18H,5-6,9-11H2,1-4H3. The molecule has 1 aliphatic rings. The highest BCUT2D eigenvalue weighted by Crippen LogP contribution is 2.47. The zero-order valence-electron chi connectivity index (χ0n) is 13.6. The van der Waals surface area contributed by atoms with Crippen LogP contribution >= 0.6 is 11.8 Å². The van der Waals surface area contributed by atoms with Gasteiger partial charge in [0.2, 0.25) is 0 Å². The molecule has 1 N–H and O–H groups in total. The largest absolute Gasteiger partial charge is 0.493 e. The molecule has 1 aromatic rings. The highest BCUT2D eigenvalue weighted by molar-refractivity contribution is 8.00. The van der Waals surface area contributed by atoms with E-state index in [0.717, 1.165) is 24.5 Å². The van der Waals surface area contributed by atoms with Gasteiger partial charge in [0.05, 0.1) is 14.2 Å². The molecule has 1 saturated heterocycles. The molecule has 2 atom stereocenters. The Bertz CT molecular complexity index is 458. The van der Waals surface area contributed by atoms with Crippen LogP contribution in [0.2, 0.25) is 0 Å². The predicted molar refractivity (Wildman–Crippen MR) is 90.7 cm³/mol. The van der Waals surface area contributed by atoms with E-state index in [1.165, 1.54) is 24.2 Å². The number of hydrogen-bond acceptors (Lipinski definition) is 4. The zero-order chi connectivity index (χ0) is 15.3. The van der Waals surface area contributed by atoms with Gasteiger partial charge in [0.1, 0.15) is 0 Å². The van der Waals surface area contributed by atoms with Gasteiger partial charge in [0, 0.05) is 10.8 Å². The summed E-state index contributed by atoms with van der Waals surface area (Å²) < 4.78 is 11.1. The van der Waals surface area contributed by atoms with Gasteiger partial charge in [-0.1, -0.05) is 13.0 Å². The summed E-state index contributed by atoms with van der Waals surface area (Å²) in [5.41, 5.74) is 1.29. The summed E-state index contributed by atoms with van der Waals surface area (Å²) in [7, 11) is 3.38. The molecular formula is C17H27NO2S. The Morgan fingerprint density at radius 3 is 2.62 bits per heavy atom. The topological polar surface area (TPSA) is 30.5 Å².